The molecule has 1 aliphatic heterocycles. The molecule has 1 N–H and O–H groups in total. The predicted octanol–water partition coefficient (Wildman–Crippen LogP) is 3.47. The molecular formula is C25H29N3O4. The molecule has 1 amide bonds. The summed E-state index contributed by atoms with van der Waals surface area (Å²) < 4.78 is 16.6. The van der Waals surface area contributed by atoms with Crippen LogP contribution in [0.25, 0.3) is 11.3 Å². The molecule has 168 valence electrons. The first kappa shape index (κ1) is 22.0. The van der Waals surface area contributed by atoms with Crippen molar-refractivity contribution in [2.24, 2.45) is 0 Å². The van der Waals surface area contributed by atoms with Crippen molar-refractivity contribution in [1.82, 2.24) is 15.2 Å². The van der Waals surface area contributed by atoms with Crippen LogP contribution in [-0.4, -0.2) is 55.7 Å². The molecule has 2 aromatic carbocycles. The van der Waals surface area contributed by atoms with E-state index in [1.54, 1.807) is 13.3 Å². The highest BCUT2D eigenvalue weighted by Crippen LogP contribution is 2.24. The molecule has 4 rings (SSSR count). The third kappa shape index (κ3) is 5.75. The molecule has 7 nitrogen and oxygen atoms in total. The average molecular weight is 436 g/mol. The lowest BCUT2D eigenvalue weighted by Gasteiger charge is -2.35. The molecule has 1 unspecified atom stereocenters. The van der Waals surface area contributed by atoms with E-state index in [0.717, 1.165) is 30.0 Å². The Kier molecular flexibility index (Phi) is 7.53. The van der Waals surface area contributed by atoms with Crippen molar-refractivity contribution in [3.63, 3.8) is 0 Å². The van der Waals surface area contributed by atoms with Crippen molar-refractivity contribution < 1.29 is 18.7 Å². The van der Waals surface area contributed by atoms with Crippen LogP contribution in [0.1, 0.15) is 23.9 Å². The minimum Gasteiger partial charge on any atom is -0.497 e. The number of ether oxygens (including phenoxy) is 2. The standard InChI is InChI=1S/C25H29N3O4/c1-30-21-9-7-19(8-10-21)22(28-13-15-31-16-14-28)17-26-24(29)11-12-25-27-18-23(32-25)20-5-3-2-4-6-20/h2-10,18,22H,11-17H2,1H3,(H,26,29). The minimum absolute atomic E-state index is 0.0174. The Bertz CT molecular complexity index is 982. The van der Waals surface area contributed by atoms with E-state index in [1.807, 2.05) is 42.5 Å². The normalized spacial score (nSPS) is 15.3. The maximum Gasteiger partial charge on any atom is 0.220 e. The Morgan fingerprint density at radius 1 is 1.12 bits per heavy atom. The SMILES string of the molecule is COc1ccc(C(CNC(=O)CCc2ncc(-c3ccccc3)o2)N2CCOCC2)cc1. The minimum atomic E-state index is -0.0174. The van der Waals surface area contributed by atoms with Crippen LogP contribution in [0.15, 0.2) is 65.2 Å². The summed E-state index contributed by atoms with van der Waals surface area (Å²) in [6.45, 7) is 3.62. The molecule has 1 atom stereocenters. The number of aromatic nitrogens is 1. The Hall–Kier alpha value is -3.16. The number of hydrogen-bond donors (Lipinski definition) is 1. The smallest absolute Gasteiger partial charge is 0.220 e. The number of amides is 1. The third-order valence-corrected chi connectivity index (χ3v) is 5.66. The van der Waals surface area contributed by atoms with Crippen molar-refractivity contribution in [3.8, 4) is 17.1 Å². The summed E-state index contributed by atoms with van der Waals surface area (Å²) in [6, 6.07) is 17.9. The Balaban J connectivity index is 1.33. The highest BCUT2D eigenvalue weighted by molar-refractivity contribution is 5.76. The van der Waals surface area contributed by atoms with Gasteiger partial charge >= 0.3 is 0 Å². The van der Waals surface area contributed by atoms with Crippen molar-refractivity contribution in [2.75, 3.05) is 40.0 Å². The zero-order chi connectivity index (χ0) is 22.2. The number of aryl methyl sites for hydroxylation is 1. The van der Waals surface area contributed by atoms with Gasteiger partial charge in [0.1, 0.15) is 5.75 Å². The molecule has 1 fully saturated rings. The first-order valence-electron chi connectivity index (χ1n) is 11.0. The van der Waals surface area contributed by atoms with Gasteiger partial charge in [-0.1, -0.05) is 42.5 Å². The molecular weight excluding hydrogens is 406 g/mol. The van der Waals surface area contributed by atoms with Crippen LogP contribution in [0, 0.1) is 0 Å². The molecule has 1 aliphatic rings. The fourth-order valence-electron chi connectivity index (χ4n) is 3.85. The monoisotopic (exact) mass is 435 g/mol. The predicted molar refractivity (Wildman–Crippen MR) is 121 cm³/mol. The zero-order valence-electron chi connectivity index (χ0n) is 18.3. The van der Waals surface area contributed by atoms with E-state index in [2.05, 4.69) is 27.3 Å². The van der Waals surface area contributed by atoms with Crippen LogP contribution < -0.4 is 10.1 Å². The molecule has 2 heterocycles. The third-order valence-electron chi connectivity index (χ3n) is 5.66. The number of methoxy groups -OCH3 is 1. The second-order valence-electron chi connectivity index (χ2n) is 7.73. The summed E-state index contributed by atoms with van der Waals surface area (Å²) in [5.41, 5.74) is 2.12. The van der Waals surface area contributed by atoms with Gasteiger partial charge in [-0.3, -0.25) is 9.69 Å². The molecule has 32 heavy (non-hydrogen) atoms. The fraction of sp³-hybridized carbons (Fsp3) is 0.360. The number of morpholine rings is 1. The van der Waals surface area contributed by atoms with E-state index in [4.69, 9.17) is 13.9 Å². The maximum absolute atomic E-state index is 12.6. The molecule has 7 heteroatoms. The first-order chi connectivity index (χ1) is 15.7. The van der Waals surface area contributed by atoms with Gasteiger partial charge in [0.15, 0.2) is 11.7 Å². The topological polar surface area (TPSA) is 76.8 Å². The van der Waals surface area contributed by atoms with Crippen molar-refractivity contribution in [2.45, 2.75) is 18.9 Å². The number of hydrogen-bond acceptors (Lipinski definition) is 6. The molecule has 0 saturated carbocycles. The van der Waals surface area contributed by atoms with Crippen LogP contribution in [0.4, 0.5) is 0 Å². The second kappa shape index (κ2) is 10.9. The average Bonchev–Trinajstić information content (AvgIpc) is 3.34. The molecule has 0 spiro atoms. The number of rotatable bonds is 9. The van der Waals surface area contributed by atoms with Gasteiger partial charge in [0, 0.05) is 38.0 Å². The van der Waals surface area contributed by atoms with Gasteiger partial charge in [-0.15, -0.1) is 0 Å². The summed E-state index contributed by atoms with van der Waals surface area (Å²) in [4.78, 5) is 19.2. The van der Waals surface area contributed by atoms with Crippen LogP contribution in [0.3, 0.4) is 0 Å². The molecule has 0 bridgehead atoms. The van der Waals surface area contributed by atoms with Gasteiger partial charge < -0.3 is 19.2 Å². The fourth-order valence-corrected chi connectivity index (χ4v) is 3.85. The van der Waals surface area contributed by atoms with Gasteiger partial charge in [-0.2, -0.15) is 0 Å². The summed E-state index contributed by atoms with van der Waals surface area (Å²) in [6.07, 6.45) is 2.50. The quantitative estimate of drug-likeness (QED) is 0.555. The number of nitrogens with zero attached hydrogens (tertiary/aromatic N) is 2. The molecule has 3 aromatic rings. The van der Waals surface area contributed by atoms with Crippen LogP contribution in [0.2, 0.25) is 0 Å². The number of oxazole rings is 1. The van der Waals surface area contributed by atoms with E-state index in [0.29, 0.717) is 44.3 Å². The van der Waals surface area contributed by atoms with E-state index in [-0.39, 0.29) is 11.9 Å². The Labute approximate surface area is 188 Å². The lowest BCUT2D eigenvalue weighted by atomic mass is 10.0. The highest BCUT2D eigenvalue weighted by atomic mass is 16.5. The number of carbonyl (C=O) groups excluding carboxylic acids is 1. The first-order valence-corrected chi connectivity index (χ1v) is 11.0. The molecule has 0 aliphatic carbocycles. The molecule has 1 saturated heterocycles. The van der Waals surface area contributed by atoms with Crippen molar-refractivity contribution in [3.05, 3.63) is 72.2 Å². The zero-order valence-corrected chi connectivity index (χ0v) is 18.3. The van der Waals surface area contributed by atoms with Gasteiger partial charge in [-0.25, -0.2) is 4.98 Å². The van der Waals surface area contributed by atoms with Gasteiger partial charge in [-0.05, 0) is 17.7 Å². The number of nitrogens with one attached hydrogen (secondary N) is 1. The van der Waals surface area contributed by atoms with Crippen LogP contribution >= 0.6 is 0 Å². The van der Waals surface area contributed by atoms with Gasteiger partial charge in [0.05, 0.1) is 32.6 Å². The summed E-state index contributed by atoms with van der Waals surface area (Å²) >= 11 is 0. The van der Waals surface area contributed by atoms with E-state index in [1.165, 1.54) is 0 Å². The molecule has 0 radical (unpaired) electrons. The highest BCUT2D eigenvalue weighted by Gasteiger charge is 2.23. The van der Waals surface area contributed by atoms with Crippen LogP contribution in [-0.2, 0) is 16.0 Å². The van der Waals surface area contributed by atoms with Crippen LogP contribution in [0.5, 0.6) is 5.75 Å². The van der Waals surface area contributed by atoms with Gasteiger partial charge in [0.2, 0.25) is 5.91 Å². The summed E-state index contributed by atoms with van der Waals surface area (Å²) in [5.74, 6) is 2.09. The summed E-state index contributed by atoms with van der Waals surface area (Å²) in [5, 5.41) is 3.09. The van der Waals surface area contributed by atoms with Crippen molar-refractivity contribution >= 4 is 5.91 Å². The largest absolute Gasteiger partial charge is 0.497 e. The lowest BCUT2D eigenvalue weighted by molar-refractivity contribution is -0.121. The summed E-state index contributed by atoms with van der Waals surface area (Å²) in [7, 11) is 1.66. The van der Waals surface area contributed by atoms with E-state index < -0.39 is 0 Å². The van der Waals surface area contributed by atoms with Gasteiger partial charge in [0.25, 0.3) is 0 Å². The van der Waals surface area contributed by atoms with E-state index in [9.17, 15) is 4.79 Å². The Morgan fingerprint density at radius 2 is 1.88 bits per heavy atom. The number of carbonyl (C=O) groups is 1. The maximum atomic E-state index is 12.6. The second-order valence-corrected chi connectivity index (χ2v) is 7.73. The Morgan fingerprint density at radius 3 is 2.59 bits per heavy atom. The lowest BCUT2D eigenvalue weighted by Crippen LogP contribution is -2.43. The van der Waals surface area contributed by atoms with Crippen molar-refractivity contribution in [1.29, 1.82) is 0 Å². The number of benzene rings is 2. The molecule has 1 aromatic heterocycles. The van der Waals surface area contributed by atoms with E-state index >= 15 is 0 Å².